The van der Waals surface area contributed by atoms with E-state index in [1.807, 2.05) is 6.92 Å². The van der Waals surface area contributed by atoms with E-state index in [1.165, 1.54) is 0 Å². The summed E-state index contributed by atoms with van der Waals surface area (Å²) >= 11 is 0. The number of nitrogens with one attached hydrogen (secondary N) is 1. The second-order valence-corrected chi connectivity index (χ2v) is 3.25. The quantitative estimate of drug-likeness (QED) is 0.747. The molecule has 74 valence electrons. The summed E-state index contributed by atoms with van der Waals surface area (Å²) in [5, 5.41) is 7.08. The minimum atomic E-state index is 0.559. The van der Waals surface area contributed by atoms with Crippen LogP contribution in [0.3, 0.4) is 0 Å². The maximum Gasteiger partial charge on any atom is 0.227 e. The first kappa shape index (κ1) is 10.2. The highest BCUT2D eigenvalue weighted by molar-refractivity contribution is 4.83. The normalized spacial score (nSPS) is 13.2. The number of hydrogen-bond donors (Lipinski definition) is 1. The van der Waals surface area contributed by atoms with Crippen LogP contribution in [-0.4, -0.2) is 22.7 Å². The molecule has 1 atom stereocenters. The highest BCUT2D eigenvalue weighted by Crippen LogP contribution is 1.96. The smallest absolute Gasteiger partial charge is 0.227 e. The van der Waals surface area contributed by atoms with Crippen molar-refractivity contribution in [1.29, 1.82) is 0 Å². The van der Waals surface area contributed by atoms with E-state index in [0.29, 0.717) is 17.8 Å². The first-order valence-corrected chi connectivity index (χ1v) is 4.75. The van der Waals surface area contributed by atoms with Gasteiger partial charge in [0.15, 0.2) is 5.82 Å². The van der Waals surface area contributed by atoms with Crippen LogP contribution in [-0.2, 0) is 6.42 Å². The third-order valence-electron chi connectivity index (χ3n) is 2.01. The zero-order valence-corrected chi connectivity index (χ0v) is 8.50. The van der Waals surface area contributed by atoms with E-state index in [9.17, 15) is 0 Å². The molecule has 4 nitrogen and oxygen atoms in total. The van der Waals surface area contributed by atoms with Crippen LogP contribution in [0.2, 0.25) is 0 Å². The van der Waals surface area contributed by atoms with Crippen LogP contribution in [0, 0.1) is 6.92 Å². The van der Waals surface area contributed by atoms with Crippen molar-refractivity contribution in [3.8, 4) is 0 Å². The van der Waals surface area contributed by atoms with Crippen LogP contribution >= 0.6 is 0 Å². The van der Waals surface area contributed by atoms with Crippen molar-refractivity contribution in [2.75, 3.05) is 6.54 Å². The lowest BCUT2D eigenvalue weighted by Crippen LogP contribution is -2.27. The molecule has 1 aromatic heterocycles. The van der Waals surface area contributed by atoms with Crippen molar-refractivity contribution < 1.29 is 4.52 Å². The third-order valence-corrected chi connectivity index (χ3v) is 2.01. The molecule has 1 aromatic rings. The van der Waals surface area contributed by atoms with Crippen molar-refractivity contribution in [3.05, 3.63) is 11.7 Å². The zero-order chi connectivity index (χ0) is 9.68. The maximum atomic E-state index is 4.98. The van der Waals surface area contributed by atoms with Crippen molar-refractivity contribution in [1.82, 2.24) is 15.5 Å². The Morgan fingerprint density at radius 1 is 1.54 bits per heavy atom. The summed E-state index contributed by atoms with van der Waals surface area (Å²) < 4.78 is 4.98. The first-order chi connectivity index (χ1) is 6.22. The molecule has 0 spiro atoms. The molecule has 13 heavy (non-hydrogen) atoms. The van der Waals surface area contributed by atoms with E-state index in [1.54, 1.807) is 0 Å². The number of rotatable bonds is 5. The highest BCUT2D eigenvalue weighted by atomic mass is 16.5. The summed E-state index contributed by atoms with van der Waals surface area (Å²) in [5.41, 5.74) is 0. The summed E-state index contributed by atoms with van der Waals surface area (Å²) in [5.74, 6) is 1.42. The molecular weight excluding hydrogens is 166 g/mol. The van der Waals surface area contributed by atoms with Crippen LogP contribution in [0.4, 0.5) is 0 Å². The molecule has 0 aliphatic carbocycles. The van der Waals surface area contributed by atoms with Crippen LogP contribution < -0.4 is 5.32 Å². The van der Waals surface area contributed by atoms with Gasteiger partial charge in [0.2, 0.25) is 5.89 Å². The number of nitrogens with zero attached hydrogens (tertiary/aromatic N) is 2. The molecule has 1 rings (SSSR count). The summed E-state index contributed by atoms with van der Waals surface area (Å²) in [6.07, 6.45) is 1.95. The monoisotopic (exact) mass is 183 g/mol. The molecule has 0 aliphatic rings. The van der Waals surface area contributed by atoms with Gasteiger partial charge in [-0.3, -0.25) is 0 Å². The second-order valence-electron chi connectivity index (χ2n) is 3.25. The number of aromatic nitrogens is 2. The van der Waals surface area contributed by atoms with E-state index < -0.39 is 0 Å². The summed E-state index contributed by atoms with van der Waals surface area (Å²) in [4.78, 5) is 4.12. The predicted molar refractivity (Wildman–Crippen MR) is 50.5 cm³/mol. The second kappa shape index (κ2) is 4.97. The Kier molecular flexibility index (Phi) is 3.89. The molecule has 1 heterocycles. The van der Waals surface area contributed by atoms with E-state index in [2.05, 4.69) is 29.3 Å². The standard InChI is InChI=1S/C9H17N3O/c1-4-7(2)10-6-5-9-11-8(3)12-13-9/h7,10H,4-6H2,1-3H3. The zero-order valence-electron chi connectivity index (χ0n) is 8.50. The van der Waals surface area contributed by atoms with Gasteiger partial charge in [0.1, 0.15) is 0 Å². The highest BCUT2D eigenvalue weighted by Gasteiger charge is 2.02. The lowest BCUT2D eigenvalue weighted by molar-refractivity contribution is 0.369. The van der Waals surface area contributed by atoms with Gasteiger partial charge in [0, 0.05) is 19.0 Å². The van der Waals surface area contributed by atoms with Crippen molar-refractivity contribution in [2.24, 2.45) is 0 Å². The Morgan fingerprint density at radius 3 is 2.85 bits per heavy atom. The van der Waals surface area contributed by atoms with Crippen LogP contribution in [0.25, 0.3) is 0 Å². The molecule has 0 amide bonds. The lowest BCUT2D eigenvalue weighted by atomic mass is 10.2. The Labute approximate surface area is 78.7 Å². The van der Waals surface area contributed by atoms with Crippen LogP contribution in [0.15, 0.2) is 4.52 Å². The maximum absolute atomic E-state index is 4.98. The van der Waals surface area contributed by atoms with Gasteiger partial charge in [-0.15, -0.1) is 0 Å². The molecule has 0 aromatic carbocycles. The van der Waals surface area contributed by atoms with Crippen molar-refractivity contribution >= 4 is 0 Å². The topological polar surface area (TPSA) is 51.0 Å². The number of aryl methyl sites for hydroxylation is 1. The Morgan fingerprint density at radius 2 is 2.31 bits per heavy atom. The fourth-order valence-electron chi connectivity index (χ4n) is 1.01. The minimum Gasteiger partial charge on any atom is -0.339 e. The van der Waals surface area contributed by atoms with E-state index >= 15 is 0 Å². The van der Waals surface area contributed by atoms with Crippen molar-refractivity contribution in [2.45, 2.75) is 39.7 Å². The fraction of sp³-hybridized carbons (Fsp3) is 0.778. The lowest BCUT2D eigenvalue weighted by Gasteiger charge is -2.08. The molecule has 1 unspecified atom stereocenters. The van der Waals surface area contributed by atoms with E-state index in [0.717, 1.165) is 19.4 Å². The Bertz CT molecular complexity index is 247. The molecule has 0 fully saturated rings. The van der Waals surface area contributed by atoms with E-state index in [4.69, 9.17) is 4.52 Å². The molecule has 1 N–H and O–H groups in total. The Balaban J connectivity index is 2.20. The largest absolute Gasteiger partial charge is 0.339 e. The van der Waals surface area contributed by atoms with Gasteiger partial charge in [0.25, 0.3) is 0 Å². The van der Waals surface area contributed by atoms with Gasteiger partial charge in [-0.05, 0) is 20.3 Å². The first-order valence-electron chi connectivity index (χ1n) is 4.75. The molecular formula is C9H17N3O. The SMILES string of the molecule is CCC(C)NCCc1nc(C)no1. The third kappa shape index (κ3) is 3.55. The molecule has 0 bridgehead atoms. The fourth-order valence-corrected chi connectivity index (χ4v) is 1.01. The van der Waals surface area contributed by atoms with E-state index in [-0.39, 0.29) is 0 Å². The van der Waals surface area contributed by atoms with Gasteiger partial charge in [-0.2, -0.15) is 4.98 Å². The van der Waals surface area contributed by atoms with Gasteiger partial charge >= 0.3 is 0 Å². The molecule has 4 heteroatoms. The summed E-state index contributed by atoms with van der Waals surface area (Å²) in [7, 11) is 0. The summed E-state index contributed by atoms with van der Waals surface area (Å²) in [6, 6.07) is 0.559. The molecule has 0 saturated heterocycles. The average molecular weight is 183 g/mol. The van der Waals surface area contributed by atoms with Gasteiger partial charge < -0.3 is 9.84 Å². The van der Waals surface area contributed by atoms with Crippen molar-refractivity contribution in [3.63, 3.8) is 0 Å². The molecule has 0 aliphatic heterocycles. The minimum absolute atomic E-state index is 0.559. The van der Waals surface area contributed by atoms with Crippen LogP contribution in [0.5, 0.6) is 0 Å². The van der Waals surface area contributed by atoms with Crippen LogP contribution in [0.1, 0.15) is 32.0 Å². The number of hydrogen-bond acceptors (Lipinski definition) is 4. The van der Waals surface area contributed by atoms with Gasteiger partial charge in [-0.25, -0.2) is 0 Å². The van der Waals surface area contributed by atoms with Gasteiger partial charge in [-0.1, -0.05) is 12.1 Å². The molecule has 0 radical (unpaired) electrons. The molecule has 0 saturated carbocycles. The summed E-state index contributed by atoms with van der Waals surface area (Å²) in [6.45, 7) is 7.05. The predicted octanol–water partition coefficient (Wildman–Crippen LogP) is 1.31. The van der Waals surface area contributed by atoms with Gasteiger partial charge in [0.05, 0.1) is 0 Å². The Hall–Kier alpha value is -0.900. The average Bonchev–Trinajstić information content (AvgIpc) is 2.51.